The molecule has 3 aromatic rings. The molecule has 7 nitrogen and oxygen atoms in total. The number of methoxy groups -OCH3 is 1. The van der Waals surface area contributed by atoms with Gasteiger partial charge in [0.05, 0.1) is 12.2 Å². The smallest absolute Gasteiger partial charge is 0.338 e. The van der Waals surface area contributed by atoms with Crippen molar-refractivity contribution < 1.29 is 14.3 Å². The van der Waals surface area contributed by atoms with Crippen molar-refractivity contribution in [2.75, 3.05) is 25.6 Å². The predicted molar refractivity (Wildman–Crippen MR) is 130 cm³/mol. The topological polar surface area (TPSA) is 78.3 Å². The van der Waals surface area contributed by atoms with Gasteiger partial charge in [0.25, 0.3) is 0 Å². The quantitative estimate of drug-likeness (QED) is 0.273. The van der Waals surface area contributed by atoms with Gasteiger partial charge in [0.2, 0.25) is 11.1 Å². The zero-order chi connectivity index (χ0) is 23.4. The SMILES string of the molecule is COCCOC(=O)C1=C(C)Nc2nc(SCc3ccccc3Cl)nn2C1c1ccc(C)cc1. The first kappa shape index (κ1) is 23.4. The molecule has 0 radical (unpaired) electrons. The van der Waals surface area contributed by atoms with Crippen LogP contribution in [0.1, 0.15) is 29.7 Å². The lowest BCUT2D eigenvalue weighted by atomic mass is 9.95. The van der Waals surface area contributed by atoms with Gasteiger partial charge in [-0.1, -0.05) is 71.4 Å². The number of hydrogen-bond donors (Lipinski definition) is 1. The fraction of sp³-hybridized carbons (Fsp3) is 0.292. The highest BCUT2D eigenvalue weighted by Crippen LogP contribution is 2.37. The summed E-state index contributed by atoms with van der Waals surface area (Å²) >= 11 is 7.78. The summed E-state index contributed by atoms with van der Waals surface area (Å²) in [5, 5.41) is 9.26. The number of nitrogens with zero attached hydrogens (tertiary/aromatic N) is 3. The third-order valence-electron chi connectivity index (χ3n) is 5.28. The Hall–Kier alpha value is -2.81. The summed E-state index contributed by atoms with van der Waals surface area (Å²) in [6, 6.07) is 15.3. The Kier molecular flexibility index (Phi) is 7.37. The van der Waals surface area contributed by atoms with Crippen molar-refractivity contribution in [3.63, 3.8) is 0 Å². The van der Waals surface area contributed by atoms with Crippen LogP contribution in [0.25, 0.3) is 0 Å². The molecular formula is C24H25ClN4O3S. The largest absolute Gasteiger partial charge is 0.460 e. The number of rotatable bonds is 8. The summed E-state index contributed by atoms with van der Waals surface area (Å²) in [5.74, 6) is 0.804. The summed E-state index contributed by atoms with van der Waals surface area (Å²) in [6.45, 7) is 4.38. The first-order valence-electron chi connectivity index (χ1n) is 10.5. The van der Waals surface area contributed by atoms with E-state index in [1.807, 2.05) is 62.4 Å². The maximum absolute atomic E-state index is 13.0. The number of aryl methyl sites for hydroxylation is 1. The number of ether oxygens (including phenoxy) is 2. The Balaban J connectivity index is 1.66. The van der Waals surface area contributed by atoms with Gasteiger partial charge in [0, 0.05) is 23.6 Å². The van der Waals surface area contributed by atoms with E-state index in [9.17, 15) is 4.79 Å². The molecule has 1 aromatic heterocycles. The molecule has 0 fully saturated rings. The maximum atomic E-state index is 13.0. The summed E-state index contributed by atoms with van der Waals surface area (Å²) in [5.41, 5.74) is 4.25. The van der Waals surface area contributed by atoms with E-state index < -0.39 is 12.0 Å². The molecule has 1 aliphatic rings. The molecule has 0 spiro atoms. The minimum Gasteiger partial charge on any atom is -0.460 e. The molecule has 0 bridgehead atoms. The number of fused-ring (bicyclic) bond motifs is 1. The Morgan fingerprint density at radius 2 is 1.91 bits per heavy atom. The van der Waals surface area contributed by atoms with Gasteiger partial charge in [-0.05, 0) is 31.0 Å². The van der Waals surface area contributed by atoms with Crippen LogP contribution in [-0.2, 0) is 20.0 Å². The number of thioether (sulfide) groups is 1. The summed E-state index contributed by atoms with van der Waals surface area (Å²) in [7, 11) is 1.57. The van der Waals surface area contributed by atoms with Crippen molar-refractivity contribution in [3.05, 3.63) is 81.5 Å². The van der Waals surface area contributed by atoms with Crippen molar-refractivity contribution in [1.82, 2.24) is 14.8 Å². The minimum absolute atomic E-state index is 0.176. The van der Waals surface area contributed by atoms with E-state index in [0.717, 1.165) is 16.7 Å². The Bertz CT molecular complexity index is 1180. The number of nitrogens with one attached hydrogen (secondary N) is 1. The normalized spacial score (nSPS) is 15.2. The molecule has 4 rings (SSSR count). The molecule has 0 saturated carbocycles. The highest BCUT2D eigenvalue weighted by atomic mass is 35.5. The van der Waals surface area contributed by atoms with Gasteiger partial charge >= 0.3 is 5.97 Å². The second-order valence-electron chi connectivity index (χ2n) is 7.65. The highest BCUT2D eigenvalue weighted by molar-refractivity contribution is 7.98. The van der Waals surface area contributed by atoms with Crippen molar-refractivity contribution in [2.24, 2.45) is 0 Å². The van der Waals surface area contributed by atoms with Crippen molar-refractivity contribution in [1.29, 1.82) is 0 Å². The average Bonchev–Trinajstić information content (AvgIpc) is 3.20. The van der Waals surface area contributed by atoms with E-state index in [1.54, 1.807) is 11.8 Å². The van der Waals surface area contributed by atoms with E-state index in [4.69, 9.17) is 26.2 Å². The van der Waals surface area contributed by atoms with Crippen LogP contribution >= 0.6 is 23.4 Å². The van der Waals surface area contributed by atoms with Crippen LogP contribution in [0.15, 0.2) is 65.0 Å². The summed E-state index contributed by atoms with van der Waals surface area (Å²) in [6.07, 6.45) is 0. The van der Waals surface area contributed by atoms with Gasteiger partial charge < -0.3 is 14.8 Å². The number of esters is 1. The molecule has 9 heteroatoms. The average molecular weight is 485 g/mol. The molecule has 0 saturated heterocycles. The molecule has 172 valence electrons. The summed E-state index contributed by atoms with van der Waals surface area (Å²) in [4.78, 5) is 17.7. The summed E-state index contributed by atoms with van der Waals surface area (Å²) < 4.78 is 12.2. The van der Waals surface area contributed by atoms with Gasteiger partial charge in [-0.25, -0.2) is 9.48 Å². The first-order chi connectivity index (χ1) is 16.0. The zero-order valence-electron chi connectivity index (χ0n) is 18.7. The van der Waals surface area contributed by atoms with Crippen LogP contribution in [0.5, 0.6) is 0 Å². The third-order valence-corrected chi connectivity index (χ3v) is 6.54. The number of halogens is 1. The van der Waals surface area contributed by atoms with Crippen molar-refractivity contribution in [3.8, 4) is 0 Å². The van der Waals surface area contributed by atoms with E-state index in [-0.39, 0.29) is 6.61 Å². The number of allylic oxidation sites excluding steroid dienone is 1. The first-order valence-corrected chi connectivity index (χ1v) is 11.9. The number of hydrogen-bond acceptors (Lipinski definition) is 7. The number of anilines is 1. The number of benzene rings is 2. The van der Waals surface area contributed by atoms with Crippen LogP contribution in [0.3, 0.4) is 0 Å². The molecular weight excluding hydrogens is 460 g/mol. The van der Waals surface area contributed by atoms with Crippen molar-refractivity contribution >= 4 is 35.3 Å². The van der Waals surface area contributed by atoms with Gasteiger partial charge in [0.1, 0.15) is 12.6 Å². The minimum atomic E-state index is -0.459. The van der Waals surface area contributed by atoms with E-state index in [2.05, 4.69) is 10.3 Å². The monoisotopic (exact) mass is 484 g/mol. The van der Waals surface area contributed by atoms with Crippen molar-refractivity contribution in [2.45, 2.75) is 30.8 Å². The van der Waals surface area contributed by atoms with Crippen LogP contribution in [-0.4, -0.2) is 41.1 Å². The maximum Gasteiger partial charge on any atom is 0.338 e. The molecule has 0 aliphatic carbocycles. The lowest BCUT2D eigenvalue weighted by Crippen LogP contribution is -2.30. The number of carbonyl (C=O) groups is 1. The molecule has 2 heterocycles. The van der Waals surface area contributed by atoms with Crippen LogP contribution < -0.4 is 5.32 Å². The zero-order valence-corrected chi connectivity index (χ0v) is 20.2. The predicted octanol–water partition coefficient (Wildman–Crippen LogP) is 5.01. The van der Waals surface area contributed by atoms with Gasteiger partial charge in [0.15, 0.2) is 0 Å². The molecule has 0 amide bonds. The standard InChI is InChI=1S/C24H25ClN4O3S/c1-15-8-10-17(11-9-15)21-20(22(30)32-13-12-31-3)16(2)26-23-27-24(28-29(21)23)33-14-18-6-4-5-7-19(18)25/h4-11,21H,12-14H2,1-3H3,(H,26,27,28). The molecule has 1 atom stereocenters. The lowest BCUT2D eigenvalue weighted by Gasteiger charge is -2.28. The van der Waals surface area contributed by atoms with Gasteiger partial charge in [-0.15, -0.1) is 5.10 Å². The molecule has 1 aliphatic heterocycles. The Labute approximate surface area is 202 Å². The number of aromatic nitrogens is 3. The highest BCUT2D eigenvalue weighted by Gasteiger charge is 2.35. The van der Waals surface area contributed by atoms with E-state index in [1.165, 1.54) is 11.8 Å². The van der Waals surface area contributed by atoms with Crippen LogP contribution in [0.2, 0.25) is 5.02 Å². The molecule has 1 N–H and O–H groups in total. The van der Waals surface area contributed by atoms with Gasteiger partial charge in [-0.2, -0.15) is 4.98 Å². The number of carbonyl (C=O) groups excluding carboxylic acids is 1. The van der Waals surface area contributed by atoms with E-state index >= 15 is 0 Å². The Morgan fingerprint density at radius 3 is 2.64 bits per heavy atom. The molecule has 1 unspecified atom stereocenters. The van der Waals surface area contributed by atoms with Gasteiger partial charge in [-0.3, -0.25) is 0 Å². The second kappa shape index (κ2) is 10.4. The fourth-order valence-electron chi connectivity index (χ4n) is 3.57. The molecule has 33 heavy (non-hydrogen) atoms. The van der Waals surface area contributed by atoms with Crippen LogP contribution in [0.4, 0.5) is 5.95 Å². The molecule has 2 aromatic carbocycles. The second-order valence-corrected chi connectivity index (χ2v) is 9.00. The third kappa shape index (κ3) is 5.24. The Morgan fingerprint density at radius 1 is 1.15 bits per heavy atom. The fourth-order valence-corrected chi connectivity index (χ4v) is 4.68. The van der Waals surface area contributed by atoms with E-state index in [0.29, 0.717) is 39.8 Å². The lowest BCUT2D eigenvalue weighted by molar-refractivity contribution is -0.140. The van der Waals surface area contributed by atoms with Crippen LogP contribution in [0, 0.1) is 6.92 Å².